The quantitative estimate of drug-likeness (QED) is 0.362. The zero-order chi connectivity index (χ0) is 31.1. The van der Waals surface area contributed by atoms with Crippen LogP contribution in [0.25, 0.3) is 0 Å². The van der Waals surface area contributed by atoms with Gasteiger partial charge in [-0.2, -0.15) is 0 Å². The number of carbonyl (C=O) groups excluding carboxylic acids is 1. The number of fused-ring (bicyclic) bond motifs is 1. The Labute approximate surface area is 263 Å². The van der Waals surface area contributed by atoms with Crippen LogP contribution in [0, 0.1) is 17.2 Å². The highest BCUT2D eigenvalue weighted by Crippen LogP contribution is 2.52. The van der Waals surface area contributed by atoms with E-state index in [9.17, 15) is 9.18 Å². The molecule has 12 heteroatoms. The van der Waals surface area contributed by atoms with Crippen LogP contribution in [0.4, 0.5) is 10.2 Å². The maximum absolute atomic E-state index is 14.3. The molecular formula is C33H41FN8O3. The number of pyridine rings is 1. The molecule has 0 unspecified atom stereocenters. The number of ether oxygens (including phenoxy) is 2. The Morgan fingerprint density at radius 3 is 2.73 bits per heavy atom. The van der Waals surface area contributed by atoms with Crippen molar-refractivity contribution >= 4 is 11.7 Å². The Bertz CT molecular complexity index is 1550. The van der Waals surface area contributed by atoms with Gasteiger partial charge in [0.2, 0.25) is 0 Å². The SMILES string of the molecule is CCN(C(=O)c1cc(F)ccc1Oc1nncnc1N1CC2(CC(Oc3ccnc4c3CN(CC3CNC3)CC4)C2)C1)C(C)C. The van der Waals surface area contributed by atoms with Crippen molar-refractivity contribution in [1.82, 2.24) is 35.3 Å². The summed E-state index contributed by atoms with van der Waals surface area (Å²) in [7, 11) is 0. The molecule has 2 aromatic heterocycles. The van der Waals surface area contributed by atoms with Crippen LogP contribution in [-0.4, -0.2) is 93.8 Å². The average molecular weight is 617 g/mol. The van der Waals surface area contributed by atoms with E-state index in [2.05, 4.69) is 35.3 Å². The maximum atomic E-state index is 14.3. The van der Waals surface area contributed by atoms with Gasteiger partial charge in [0.1, 0.15) is 29.7 Å². The predicted octanol–water partition coefficient (Wildman–Crippen LogP) is 3.69. The third kappa shape index (κ3) is 5.93. The third-order valence-corrected chi connectivity index (χ3v) is 9.67. The highest BCUT2D eigenvalue weighted by atomic mass is 19.1. The molecule has 0 radical (unpaired) electrons. The van der Waals surface area contributed by atoms with Gasteiger partial charge in [-0.15, -0.1) is 10.2 Å². The van der Waals surface area contributed by atoms with Gasteiger partial charge in [0, 0.05) is 87.7 Å². The summed E-state index contributed by atoms with van der Waals surface area (Å²) in [5.41, 5.74) is 2.71. The van der Waals surface area contributed by atoms with Gasteiger partial charge in [0.25, 0.3) is 11.8 Å². The van der Waals surface area contributed by atoms with E-state index in [4.69, 9.17) is 9.47 Å². The number of nitrogens with one attached hydrogen (secondary N) is 1. The van der Waals surface area contributed by atoms with Crippen molar-refractivity contribution in [2.24, 2.45) is 11.3 Å². The van der Waals surface area contributed by atoms with Gasteiger partial charge in [-0.05, 0) is 63.8 Å². The van der Waals surface area contributed by atoms with Crippen LogP contribution in [0.5, 0.6) is 17.4 Å². The molecule has 2 saturated heterocycles. The van der Waals surface area contributed by atoms with Crippen molar-refractivity contribution in [3.8, 4) is 17.4 Å². The Hall–Kier alpha value is -3.90. The second-order valence-corrected chi connectivity index (χ2v) is 13.3. The zero-order valence-electron chi connectivity index (χ0n) is 26.2. The fourth-order valence-corrected chi connectivity index (χ4v) is 7.22. The minimum Gasteiger partial charge on any atom is -0.490 e. The van der Waals surface area contributed by atoms with Gasteiger partial charge < -0.3 is 24.6 Å². The van der Waals surface area contributed by atoms with Crippen LogP contribution in [-0.2, 0) is 13.0 Å². The summed E-state index contributed by atoms with van der Waals surface area (Å²) in [4.78, 5) is 28.8. The van der Waals surface area contributed by atoms with Gasteiger partial charge in [0.05, 0.1) is 5.56 Å². The van der Waals surface area contributed by atoms with Crippen molar-refractivity contribution in [3.05, 3.63) is 59.4 Å². The van der Waals surface area contributed by atoms with Gasteiger partial charge in [-0.25, -0.2) is 9.37 Å². The zero-order valence-corrected chi connectivity index (χ0v) is 26.2. The number of anilines is 1. The average Bonchev–Trinajstić information content (AvgIpc) is 2.97. The highest BCUT2D eigenvalue weighted by Gasteiger charge is 2.54. The number of nitrogens with zero attached hydrogens (tertiary/aromatic N) is 7. The largest absolute Gasteiger partial charge is 0.490 e. The monoisotopic (exact) mass is 616 g/mol. The summed E-state index contributed by atoms with van der Waals surface area (Å²) in [6.07, 6.45) is 6.34. The molecule has 1 spiro atoms. The lowest BCUT2D eigenvalue weighted by atomic mass is 9.61. The molecule has 238 valence electrons. The molecule has 11 nitrogen and oxygen atoms in total. The van der Waals surface area contributed by atoms with E-state index in [0.29, 0.717) is 12.4 Å². The Morgan fingerprint density at radius 1 is 1.18 bits per heavy atom. The molecule has 1 N–H and O–H groups in total. The molecule has 1 amide bonds. The fourth-order valence-electron chi connectivity index (χ4n) is 7.22. The Kier molecular flexibility index (Phi) is 8.03. The van der Waals surface area contributed by atoms with Crippen molar-refractivity contribution in [2.75, 3.05) is 50.7 Å². The number of aromatic nitrogens is 4. The standard InChI is InChI=1S/C33H41FN8O3/c1-4-42(21(2)3)32(43)25-11-23(34)5-6-28(25)45-31-30(37-20-38-39-31)41-18-33(19-41)12-24(13-33)44-29-7-9-36-27-8-10-40(17-26(27)29)16-22-14-35-15-22/h5-7,9,11,20-22,24,35H,4,8,10,12-19H2,1-3H3. The number of amides is 1. The summed E-state index contributed by atoms with van der Waals surface area (Å²) in [5.74, 6) is 1.88. The molecule has 1 saturated carbocycles. The van der Waals surface area contributed by atoms with Crippen LogP contribution in [0.2, 0.25) is 0 Å². The second-order valence-electron chi connectivity index (χ2n) is 13.3. The molecule has 0 bridgehead atoms. The van der Waals surface area contributed by atoms with Crippen LogP contribution >= 0.6 is 0 Å². The first-order chi connectivity index (χ1) is 21.8. The van der Waals surface area contributed by atoms with E-state index < -0.39 is 5.82 Å². The van der Waals surface area contributed by atoms with E-state index in [1.54, 1.807) is 4.90 Å². The van der Waals surface area contributed by atoms with E-state index in [-0.39, 0.29) is 40.7 Å². The summed E-state index contributed by atoms with van der Waals surface area (Å²) in [6.45, 7) is 13.1. The summed E-state index contributed by atoms with van der Waals surface area (Å²) < 4.78 is 27.0. The number of benzene rings is 1. The van der Waals surface area contributed by atoms with Crippen LogP contribution < -0.4 is 19.7 Å². The smallest absolute Gasteiger partial charge is 0.282 e. The molecular weight excluding hydrogens is 575 g/mol. The summed E-state index contributed by atoms with van der Waals surface area (Å²) in [6, 6.07) is 5.92. The molecule has 3 aliphatic heterocycles. The predicted molar refractivity (Wildman–Crippen MR) is 166 cm³/mol. The van der Waals surface area contributed by atoms with Crippen LogP contribution in [0.3, 0.4) is 0 Å². The lowest BCUT2D eigenvalue weighted by Crippen LogP contribution is -2.65. The number of hydrogen-bond acceptors (Lipinski definition) is 10. The lowest BCUT2D eigenvalue weighted by Gasteiger charge is -2.58. The maximum Gasteiger partial charge on any atom is 0.282 e. The van der Waals surface area contributed by atoms with E-state index >= 15 is 0 Å². The normalized spacial score (nSPS) is 19.4. The molecule has 45 heavy (non-hydrogen) atoms. The lowest BCUT2D eigenvalue weighted by molar-refractivity contribution is -0.0353. The van der Waals surface area contributed by atoms with Gasteiger partial charge >= 0.3 is 0 Å². The minimum absolute atomic E-state index is 0.0479. The topological polar surface area (TPSA) is 109 Å². The van der Waals surface area contributed by atoms with Gasteiger partial charge in [-0.1, -0.05) is 0 Å². The third-order valence-electron chi connectivity index (χ3n) is 9.67. The van der Waals surface area contributed by atoms with Gasteiger partial charge in [-0.3, -0.25) is 14.7 Å². The van der Waals surface area contributed by atoms with Gasteiger partial charge in [0.15, 0.2) is 5.82 Å². The Balaban J connectivity index is 0.990. The summed E-state index contributed by atoms with van der Waals surface area (Å²) >= 11 is 0. The van der Waals surface area contributed by atoms with Crippen molar-refractivity contribution in [1.29, 1.82) is 0 Å². The number of halogens is 1. The second kappa shape index (κ2) is 12.1. The number of rotatable bonds is 10. The first-order valence-electron chi connectivity index (χ1n) is 16.1. The molecule has 1 aromatic carbocycles. The number of carbonyl (C=O) groups is 1. The van der Waals surface area contributed by atoms with Crippen molar-refractivity contribution in [3.63, 3.8) is 0 Å². The number of hydrogen-bond donors (Lipinski definition) is 1. The van der Waals surface area contributed by atoms with Crippen molar-refractivity contribution in [2.45, 2.75) is 58.7 Å². The fraction of sp³-hybridized carbons (Fsp3) is 0.545. The van der Waals surface area contributed by atoms with Crippen LogP contribution in [0.1, 0.15) is 55.2 Å². The molecule has 0 atom stereocenters. The van der Waals surface area contributed by atoms with E-state index in [1.807, 2.05) is 33.0 Å². The van der Waals surface area contributed by atoms with Crippen molar-refractivity contribution < 1.29 is 18.7 Å². The molecule has 3 fully saturated rings. The molecule has 3 aromatic rings. The molecule has 7 rings (SSSR count). The highest BCUT2D eigenvalue weighted by molar-refractivity contribution is 5.97. The first kappa shape index (κ1) is 29.8. The first-order valence-corrected chi connectivity index (χ1v) is 16.1. The minimum atomic E-state index is -0.509. The molecule has 4 aliphatic rings. The van der Waals surface area contributed by atoms with Crippen LogP contribution in [0.15, 0.2) is 36.8 Å². The molecule has 5 heterocycles. The van der Waals surface area contributed by atoms with E-state index in [1.165, 1.54) is 35.8 Å². The molecule has 1 aliphatic carbocycles. The van der Waals surface area contributed by atoms with E-state index in [0.717, 1.165) is 76.7 Å². The Morgan fingerprint density at radius 2 is 2.00 bits per heavy atom. The summed E-state index contributed by atoms with van der Waals surface area (Å²) in [5, 5.41) is 11.5.